The van der Waals surface area contributed by atoms with Crippen LogP contribution in [-0.4, -0.2) is 25.8 Å². The van der Waals surface area contributed by atoms with Gasteiger partial charge in [-0.2, -0.15) is 0 Å². The molecule has 0 atom stereocenters. The lowest BCUT2D eigenvalue weighted by Crippen LogP contribution is -2.04. The zero-order valence-electron chi connectivity index (χ0n) is 9.93. The summed E-state index contributed by atoms with van der Waals surface area (Å²) in [5, 5.41) is 12.8. The first-order valence-corrected chi connectivity index (χ1v) is 5.23. The molecule has 17 heavy (non-hydrogen) atoms. The summed E-state index contributed by atoms with van der Waals surface area (Å²) in [4.78, 5) is 14.7. The fourth-order valence-corrected chi connectivity index (χ4v) is 1.75. The molecule has 0 unspecified atom stereocenters. The molecule has 88 valence electrons. The molecule has 0 radical (unpaired) electrons. The molecule has 1 heterocycles. The summed E-state index contributed by atoms with van der Waals surface area (Å²) in [6, 6.07) is 5.90. The molecule has 0 spiro atoms. The second-order valence-corrected chi connectivity index (χ2v) is 3.99. The van der Waals surface area contributed by atoms with Crippen molar-refractivity contribution in [3.8, 4) is 5.69 Å². The molecular weight excluding hydrogens is 218 g/mol. The average Bonchev–Trinajstić information content (AvgIpc) is 2.61. The van der Waals surface area contributed by atoms with E-state index in [4.69, 9.17) is 5.11 Å². The Hall–Kier alpha value is -2.17. The Morgan fingerprint density at radius 1 is 1.29 bits per heavy atom. The molecule has 2 aromatic rings. The quantitative estimate of drug-likeness (QED) is 0.857. The smallest absolute Gasteiger partial charge is 0.375 e. The number of carbonyl (C=O) groups is 1. The standard InChI is InChI=1S/C12H13N3O2/c1-7-4-5-10(8(2)6-7)15-9(3)13-11(14-15)12(16)17/h4-6H,1-3H3,(H,16,17). The van der Waals surface area contributed by atoms with E-state index in [0.717, 1.165) is 16.8 Å². The van der Waals surface area contributed by atoms with Crippen molar-refractivity contribution in [2.75, 3.05) is 0 Å². The van der Waals surface area contributed by atoms with E-state index >= 15 is 0 Å². The highest BCUT2D eigenvalue weighted by Crippen LogP contribution is 2.16. The van der Waals surface area contributed by atoms with E-state index in [1.807, 2.05) is 32.0 Å². The van der Waals surface area contributed by atoms with Crippen molar-refractivity contribution in [2.45, 2.75) is 20.8 Å². The van der Waals surface area contributed by atoms with Crippen LogP contribution in [0.2, 0.25) is 0 Å². The Balaban J connectivity index is 2.56. The van der Waals surface area contributed by atoms with Gasteiger partial charge in [0.2, 0.25) is 0 Å². The predicted molar refractivity (Wildman–Crippen MR) is 62.5 cm³/mol. The Morgan fingerprint density at radius 2 is 2.00 bits per heavy atom. The van der Waals surface area contributed by atoms with Gasteiger partial charge in [-0.05, 0) is 32.4 Å². The van der Waals surface area contributed by atoms with E-state index in [1.165, 1.54) is 0 Å². The van der Waals surface area contributed by atoms with Crippen LogP contribution >= 0.6 is 0 Å². The fourth-order valence-electron chi connectivity index (χ4n) is 1.75. The van der Waals surface area contributed by atoms with Gasteiger partial charge in [-0.3, -0.25) is 0 Å². The van der Waals surface area contributed by atoms with E-state index in [2.05, 4.69) is 10.1 Å². The molecule has 0 saturated carbocycles. The van der Waals surface area contributed by atoms with Crippen molar-refractivity contribution >= 4 is 5.97 Å². The minimum Gasteiger partial charge on any atom is -0.475 e. The highest BCUT2D eigenvalue weighted by Gasteiger charge is 2.14. The topological polar surface area (TPSA) is 68.0 Å². The van der Waals surface area contributed by atoms with Gasteiger partial charge in [0.1, 0.15) is 5.82 Å². The number of aromatic nitrogens is 3. The van der Waals surface area contributed by atoms with Crippen LogP contribution in [0.5, 0.6) is 0 Å². The van der Waals surface area contributed by atoms with E-state index in [0.29, 0.717) is 5.82 Å². The van der Waals surface area contributed by atoms with Crippen molar-refractivity contribution in [1.29, 1.82) is 0 Å². The largest absolute Gasteiger partial charge is 0.475 e. The van der Waals surface area contributed by atoms with Gasteiger partial charge in [0, 0.05) is 0 Å². The highest BCUT2D eigenvalue weighted by molar-refractivity contribution is 5.83. The Kier molecular flexibility index (Phi) is 2.67. The third-order valence-corrected chi connectivity index (χ3v) is 2.54. The molecule has 5 nitrogen and oxygen atoms in total. The molecule has 1 N–H and O–H groups in total. The number of carboxylic acid groups (broad SMARTS) is 1. The second-order valence-electron chi connectivity index (χ2n) is 3.99. The molecule has 0 aliphatic heterocycles. The molecule has 1 aromatic carbocycles. The van der Waals surface area contributed by atoms with Crippen molar-refractivity contribution in [2.24, 2.45) is 0 Å². The van der Waals surface area contributed by atoms with E-state index in [9.17, 15) is 4.79 Å². The molecule has 0 fully saturated rings. The molecular formula is C12H13N3O2. The number of benzene rings is 1. The molecule has 0 amide bonds. The summed E-state index contributed by atoms with van der Waals surface area (Å²) in [5.41, 5.74) is 3.05. The third-order valence-electron chi connectivity index (χ3n) is 2.54. The molecule has 5 heteroatoms. The number of aromatic carboxylic acids is 1. The van der Waals surface area contributed by atoms with Gasteiger partial charge in [-0.1, -0.05) is 17.7 Å². The SMILES string of the molecule is Cc1ccc(-n2nc(C(=O)O)nc2C)c(C)c1. The Labute approximate surface area is 98.7 Å². The molecule has 0 saturated heterocycles. The van der Waals surface area contributed by atoms with E-state index in [1.54, 1.807) is 11.6 Å². The minimum absolute atomic E-state index is 0.178. The van der Waals surface area contributed by atoms with Crippen molar-refractivity contribution in [1.82, 2.24) is 14.8 Å². The number of hydrogen-bond acceptors (Lipinski definition) is 3. The van der Waals surface area contributed by atoms with Crippen molar-refractivity contribution in [3.63, 3.8) is 0 Å². The van der Waals surface area contributed by atoms with Gasteiger partial charge < -0.3 is 5.11 Å². The number of aryl methyl sites for hydroxylation is 3. The number of nitrogens with zero attached hydrogens (tertiary/aromatic N) is 3. The minimum atomic E-state index is -1.11. The van der Waals surface area contributed by atoms with Crippen LogP contribution in [0.25, 0.3) is 5.69 Å². The van der Waals surface area contributed by atoms with Gasteiger partial charge in [0.25, 0.3) is 5.82 Å². The lowest BCUT2D eigenvalue weighted by Gasteiger charge is -2.07. The van der Waals surface area contributed by atoms with Crippen LogP contribution in [-0.2, 0) is 0 Å². The van der Waals surface area contributed by atoms with Crippen LogP contribution in [0.1, 0.15) is 27.6 Å². The third kappa shape index (κ3) is 2.04. The lowest BCUT2D eigenvalue weighted by molar-refractivity contribution is 0.0683. The van der Waals surface area contributed by atoms with Gasteiger partial charge in [0.15, 0.2) is 0 Å². The van der Waals surface area contributed by atoms with Gasteiger partial charge in [0.05, 0.1) is 5.69 Å². The zero-order valence-corrected chi connectivity index (χ0v) is 9.93. The van der Waals surface area contributed by atoms with Crippen LogP contribution in [0.3, 0.4) is 0 Å². The number of hydrogen-bond donors (Lipinski definition) is 1. The van der Waals surface area contributed by atoms with Crippen LogP contribution in [0.4, 0.5) is 0 Å². The average molecular weight is 231 g/mol. The van der Waals surface area contributed by atoms with Crippen molar-refractivity contribution in [3.05, 3.63) is 41.0 Å². The summed E-state index contributed by atoms with van der Waals surface area (Å²) < 4.78 is 1.55. The summed E-state index contributed by atoms with van der Waals surface area (Å²) in [7, 11) is 0. The second kappa shape index (κ2) is 4.01. The van der Waals surface area contributed by atoms with Crippen LogP contribution in [0, 0.1) is 20.8 Å². The summed E-state index contributed by atoms with van der Waals surface area (Å²) in [6.45, 7) is 5.70. The molecule has 0 aliphatic carbocycles. The van der Waals surface area contributed by atoms with Crippen LogP contribution < -0.4 is 0 Å². The van der Waals surface area contributed by atoms with Gasteiger partial charge >= 0.3 is 5.97 Å². The predicted octanol–water partition coefficient (Wildman–Crippen LogP) is 1.89. The first-order valence-electron chi connectivity index (χ1n) is 5.23. The molecule has 0 aliphatic rings. The summed E-state index contributed by atoms with van der Waals surface area (Å²) in [6.07, 6.45) is 0. The Bertz CT molecular complexity index is 587. The van der Waals surface area contributed by atoms with Gasteiger partial charge in [-0.15, -0.1) is 5.10 Å². The highest BCUT2D eigenvalue weighted by atomic mass is 16.4. The maximum absolute atomic E-state index is 10.8. The maximum Gasteiger partial charge on any atom is 0.375 e. The lowest BCUT2D eigenvalue weighted by atomic mass is 10.1. The summed E-state index contributed by atoms with van der Waals surface area (Å²) in [5.74, 6) is -0.728. The first-order chi connectivity index (χ1) is 7.99. The van der Waals surface area contributed by atoms with E-state index in [-0.39, 0.29) is 5.82 Å². The zero-order chi connectivity index (χ0) is 12.6. The van der Waals surface area contributed by atoms with Gasteiger partial charge in [-0.25, -0.2) is 14.5 Å². The fraction of sp³-hybridized carbons (Fsp3) is 0.250. The molecule has 2 rings (SSSR count). The number of rotatable bonds is 2. The normalized spacial score (nSPS) is 10.5. The monoisotopic (exact) mass is 231 g/mol. The summed E-state index contributed by atoms with van der Waals surface area (Å²) >= 11 is 0. The van der Waals surface area contributed by atoms with Crippen molar-refractivity contribution < 1.29 is 9.90 Å². The maximum atomic E-state index is 10.8. The molecule has 0 bridgehead atoms. The van der Waals surface area contributed by atoms with E-state index < -0.39 is 5.97 Å². The number of carboxylic acids is 1. The Morgan fingerprint density at radius 3 is 2.53 bits per heavy atom. The van der Waals surface area contributed by atoms with Crippen LogP contribution in [0.15, 0.2) is 18.2 Å². The molecule has 1 aromatic heterocycles. The first kappa shape index (κ1) is 11.3.